The average Bonchev–Trinajstić information content (AvgIpc) is 2.96. The molecule has 0 heterocycles. The predicted molar refractivity (Wildman–Crippen MR) is 160 cm³/mol. The summed E-state index contributed by atoms with van der Waals surface area (Å²) >= 11 is 12.4. The normalized spacial score (nSPS) is 11.6. The van der Waals surface area contributed by atoms with Gasteiger partial charge in [-0.25, -0.2) is 0 Å². The summed E-state index contributed by atoms with van der Waals surface area (Å²) < 4.78 is 96.8. The zero-order valence-electron chi connectivity index (χ0n) is 24.4. The van der Waals surface area contributed by atoms with Gasteiger partial charge in [-0.1, -0.05) is 35.3 Å². The first kappa shape index (κ1) is 36.4. The zero-order chi connectivity index (χ0) is 36.6. The van der Waals surface area contributed by atoms with Crippen LogP contribution < -0.4 is 14.2 Å². The number of hydrogen-bond donors (Lipinski definition) is 0. The number of nitro benzene ring substituents is 2. The Morgan fingerprint density at radius 2 is 0.980 bits per heavy atom. The van der Waals surface area contributed by atoms with Crippen LogP contribution in [0.1, 0.15) is 25.0 Å². The third-order valence-corrected chi connectivity index (χ3v) is 7.06. The molecule has 0 unspecified atom stereocenters. The summed E-state index contributed by atoms with van der Waals surface area (Å²) in [5, 5.41) is 22.6. The number of esters is 2. The maximum Gasteiger partial charge on any atom is 0.416 e. The molecule has 256 valence electrons. The minimum atomic E-state index is -4.87. The van der Waals surface area contributed by atoms with Gasteiger partial charge in [0.1, 0.15) is 11.5 Å². The van der Waals surface area contributed by atoms with E-state index >= 15 is 0 Å². The lowest BCUT2D eigenvalue weighted by Gasteiger charge is -2.20. The van der Waals surface area contributed by atoms with E-state index in [2.05, 4.69) is 0 Å². The number of halogens is 8. The molecule has 0 radical (unpaired) electrons. The largest absolute Gasteiger partial charge is 0.456 e. The lowest BCUT2D eigenvalue weighted by molar-refractivity contribution is -0.385. The van der Waals surface area contributed by atoms with Crippen molar-refractivity contribution in [2.24, 2.45) is 0 Å². The molecule has 0 atom stereocenters. The summed E-state index contributed by atoms with van der Waals surface area (Å²) in [6.45, 7) is 1.73. The molecule has 0 spiro atoms. The molecular weight excluding hydrogens is 717 g/mol. The molecule has 49 heavy (non-hydrogen) atoms. The van der Waals surface area contributed by atoms with Crippen LogP contribution in [0, 0.1) is 20.2 Å². The lowest BCUT2D eigenvalue weighted by atomic mass is 9.99. The van der Waals surface area contributed by atoms with Gasteiger partial charge in [0.05, 0.1) is 32.1 Å². The third-order valence-electron chi connectivity index (χ3n) is 6.43. The van der Waals surface area contributed by atoms with E-state index in [1.165, 1.54) is 0 Å². The summed E-state index contributed by atoms with van der Waals surface area (Å²) in [5.41, 5.74) is -6.07. The number of benzene rings is 4. The van der Waals surface area contributed by atoms with Gasteiger partial charge < -0.3 is 14.2 Å². The number of rotatable bonds is 8. The molecule has 4 aromatic carbocycles. The second-order valence-electron chi connectivity index (χ2n) is 9.76. The fourth-order valence-corrected chi connectivity index (χ4v) is 5.03. The fraction of sp³-hybridized carbons (Fsp3) is 0.133. The molecule has 0 saturated heterocycles. The van der Waals surface area contributed by atoms with Crippen molar-refractivity contribution < 1.29 is 60.0 Å². The van der Waals surface area contributed by atoms with Crippen LogP contribution in [0.5, 0.6) is 23.0 Å². The van der Waals surface area contributed by atoms with Gasteiger partial charge in [0, 0.05) is 47.2 Å². The monoisotopic (exact) mass is 732 g/mol. The van der Waals surface area contributed by atoms with Crippen molar-refractivity contribution in [2.45, 2.75) is 26.2 Å². The highest BCUT2D eigenvalue weighted by atomic mass is 35.5. The Kier molecular flexibility index (Phi) is 10.1. The van der Waals surface area contributed by atoms with Crippen LogP contribution in [0.15, 0.2) is 60.7 Å². The molecule has 0 aliphatic heterocycles. The van der Waals surface area contributed by atoms with Crippen LogP contribution in [0.25, 0.3) is 22.3 Å². The number of ether oxygens (including phenoxy) is 3. The van der Waals surface area contributed by atoms with Gasteiger partial charge in [0.15, 0.2) is 0 Å². The van der Waals surface area contributed by atoms with E-state index in [-0.39, 0.29) is 11.1 Å². The van der Waals surface area contributed by atoms with E-state index in [1.54, 1.807) is 0 Å². The molecule has 0 saturated carbocycles. The summed E-state index contributed by atoms with van der Waals surface area (Å²) in [7, 11) is 0. The summed E-state index contributed by atoms with van der Waals surface area (Å²) in [4.78, 5) is 46.0. The van der Waals surface area contributed by atoms with Crippen LogP contribution in [-0.2, 0) is 21.9 Å². The minimum absolute atomic E-state index is 0.388. The lowest BCUT2D eigenvalue weighted by Crippen LogP contribution is -2.09. The molecule has 0 fully saturated rings. The van der Waals surface area contributed by atoms with Crippen LogP contribution in [0.2, 0.25) is 10.0 Å². The zero-order valence-corrected chi connectivity index (χ0v) is 25.9. The number of carbonyl (C=O) groups excluding carboxylic acids is 2. The van der Waals surface area contributed by atoms with Crippen molar-refractivity contribution in [2.75, 3.05) is 0 Å². The molecule has 0 amide bonds. The fourth-order valence-electron chi connectivity index (χ4n) is 4.48. The SMILES string of the molecule is CC(=O)Oc1c([N+](=O)[O-])ccc(Oc2ccc([N+](=O)[O-])c(OC(C)=O)c2-c2ccc(C(F)(F)F)cc2Cl)c1-c1ccc(C(F)(F)F)cc1Cl. The molecule has 0 bridgehead atoms. The standard InChI is InChI=1S/C30H16Cl2F6N2O9/c1-13(41)47-27-21(39(43)44)7-9-23(25(27)17-5-3-15(11-19(17)31)29(33,34)35)49-24-10-8-22(40(45)46)28(48-14(2)42)26(24)18-6-4-16(12-20(18)32)30(36,37)38/h3-12H,1-2H3. The first-order valence-electron chi connectivity index (χ1n) is 13.1. The third kappa shape index (κ3) is 7.84. The number of nitro groups is 2. The van der Waals surface area contributed by atoms with Crippen molar-refractivity contribution in [3.63, 3.8) is 0 Å². The quantitative estimate of drug-likeness (QED) is 0.0567. The van der Waals surface area contributed by atoms with E-state index in [0.29, 0.717) is 24.3 Å². The maximum absolute atomic E-state index is 13.4. The second kappa shape index (κ2) is 13.6. The maximum atomic E-state index is 13.4. The van der Waals surface area contributed by atoms with Crippen molar-refractivity contribution in [3.8, 4) is 45.3 Å². The van der Waals surface area contributed by atoms with E-state index < -0.39 is 101 Å². The van der Waals surface area contributed by atoms with Gasteiger partial charge >= 0.3 is 35.7 Å². The highest BCUT2D eigenvalue weighted by Gasteiger charge is 2.35. The number of carbonyl (C=O) groups is 2. The molecule has 0 aliphatic carbocycles. The minimum Gasteiger partial charge on any atom is -0.456 e. The van der Waals surface area contributed by atoms with Crippen molar-refractivity contribution >= 4 is 46.5 Å². The Balaban J connectivity index is 2.11. The highest BCUT2D eigenvalue weighted by Crippen LogP contribution is 2.53. The highest BCUT2D eigenvalue weighted by molar-refractivity contribution is 6.34. The molecule has 0 N–H and O–H groups in total. The first-order chi connectivity index (χ1) is 22.7. The molecule has 4 rings (SSSR count). The van der Waals surface area contributed by atoms with E-state index in [4.69, 9.17) is 37.4 Å². The van der Waals surface area contributed by atoms with E-state index in [9.17, 15) is 56.2 Å². The van der Waals surface area contributed by atoms with Crippen molar-refractivity contribution in [1.29, 1.82) is 0 Å². The topological polar surface area (TPSA) is 148 Å². The average molecular weight is 733 g/mol. The van der Waals surface area contributed by atoms with E-state index in [1.807, 2.05) is 0 Å². The smallest absolute Gasteiger partial charge is 0.416 e. The van der Waals surface area contributed by atoms with Crippen LogP contribution in [0.3, 0.4) is 0 Å². The van der Waals surface area contributed by atoms with Gasteiger partial charge in [0.25, 0.3) is 0 Å². The Morgan fingerprint density at radius 3 is 1.24 bits per heavy atom. The number of alkyl halides is 6. The Morgan fingerprint density at radius 1 is 0.633 bits per heavy atom. The molecule has 11 nitrogen and oxygen atoms in total. The predicted octanol–water partition coefficient (Wildman–Crippen LogP) is 9.82. The molecule has 4 aromatic rings. The second-order valence-corrected chi connectivity index (χ2v) is 10.6. The van der Waals surface area contributed by atoms with Gasteiger partial charge in [-0.15, -0.1) is 0 Å². The molecular formula is C30H16Cl2F6N2O9. The van der Waals surface area contributed by atoms with Gasteiger partial charge in [0.2, 0.25) is 11.5 Å². The number of hydrogen-bond acceptors (Lipinski definition) is 9. The molecule has 0 aromatic heterocycles. The summed E-state index contributed by atoms with van der Waals surface area (Å²) in [5.74, 6) is -4.98. The van der Waals surface area contributed by atoms with Crippen molar-refractivity contribution in [3.05, 3.63) is 102 Å². The number of nitrogens with zero attached hydrogens (tertiary/aromatic N) is 2. The molecule has 19 heteroatoms. The first-order valence-corrected chi connectivity index (χ1v) is 13.9. The van der Waals surface area contributed by atoms with E-state index in [0.717, 1.165) is 50.2 Å². The van der Waals surface area contributed by atoms with Crippen LogP contribution in [0.4, 0.5) is 37.7 Å². The van der Waals surface area contributed by atoms with Crippen LogP contribution >= 0.6 is 23.2 Å². The summed E-state index contributed by atoms with van der Waals surface area (Å²) in [6.07, 6.45) is -9.74. The van der Waals surface area contributed by atoms with Gasteiger partial charge in [-0.05, 0) is 36.4 Å². The Labute approximate surface area is 279 Å². The summed E-state index contributed by atoms with van der Waals surface area (Å²) in [6, 6.07) is 7.12. The van der Waals surface area contributed by atoms with Crippen LogP contribution in [-0.4, -0.2) is 21.8 Å². The van der Waals surface area contributed by atoms with Crippen molar-refractivity contribution in [1.82, 2.24) is 0 Å². The Hall–Kier alpha value is -5.42. The Bertz CT molecular complexity index is 1890. The molecule has 0 aliphatic rings. The van der Waals surface area contributed by atoms with Gasteiger partial charge in [-0.2, -0.15) is 26.3 Å². The van der Waals surface area contributed by atoms with Gasteiger partial charge in [-0.3, -0.25) is 29.8 Å².